The molecule has 220 valence electrons. The summed E-state index contributed by atoms with van der Waals surface area (Å²) in [5, 5.41) is 7.12. The Morgan fingerprint density at radius 1 is 0.565 bits per heavy atom. The second kappa shape index (κ2) is 10.4. The Labute approximate surface area is 274 Å². The van der Waals surface area contributed by atoms with E-state index in [1.165, 1.54) is 71.4 Å². The van der Waals surface area contributed by atoms with Gasteiger partial charge in [-0.3, -0.25) is 0 Å². The zero-order valence-electron chi connectivity index (χ0n) is 25.8. The Bertz CT molecular complexity index is 2260. The maximum Gasteiger partial charge on any atom is 0.0594 e. The zero-order chi connectivity index (χ0) is 30.8. The predicted octanol–water partition coefficient (Wildman–Crippen LogP) is 12.5. The second-order valence-electron chi connectivity index (χ2n) is 12.7. The molecule has 0 radical (unpaired) electrons. The largest absolute Gasteiger partial charge is 0.316 e. The van der Waals surface area contributed by atoms with Crippen LogP contribution < -0.4 is 9.80 Å². The van der Waals surface area contributed by atoms with Crippen LogP contribution in [0.4, 0.5) is 28.4 Å². The maximum atomic E-state index is 2.46. The van der Waals surface area contributed by atoms with Gasteiger partial charge in [0.25, 0.3) is 0 Å². The van der Waals surface area contributed by atoms with Crippen LogP contribution in [0, 0.1) is 0 Å². The number of thioether (sulfide) groups is 1. The highest BCUT2D eigenvalue weighted by Gasteiger charge is 2.37. The number of hydrogen-bond donors (Lipinski definition) is 0. The van der Waals surface area contributed by atoms with Crippen molar-refractivity contribution in [2.45, 2.75) is 24.2 Å². The van der Waals surface area contributed by atoms with Crippen LogP contribution in [0.1, 0.15) is 25.0 Å². The Balaban J connectivity index is 1.21. The van der Waals surface area contributed by atoms with E-state index in [9.17, 15) is 0 Å². The minimum Gasteiger partial charge on any atom is -0.316 e. The van der Waals surface area contributed by atoms with Crippen molar-refractivity contribution in [2.24, 2.45) is 0 Å². The SMILES string of the molecule is CC1(C)c2cc(N3C=CSc4ccccc43)ccc2-c2ccc(N(c3cccc4ccccc34)c3cccc4ccccc34)cc21. The summed E-state index contributed by atoms with van der Waals surface area (Å²) < 4.78 is 0. The highest BCUT2D eigenvalue weighted by molar-refractivity contribution is 8.02. The molecule has 1 aliphatic heterocycles. The van der Waals surface area contributed by atoms with E-state index in [1.54, 1.807) is 11.8 Å². The van der Waals surface area contributed by atoms with E-state index in [0.717, 1.165) is 5.69 Å². The minimum atomic E-state index is -0.173. The molecule has 1 aliphatic carbocycles. The molecule has 0 saturated carbocycles. The van der Waals surface area contributed by atoms with Crippen molar-refractivity contribution in [1.29, 1.82) is 0 Å². The molecule has 2 aliphatic rings. The normalized spacial score (nSPS) is 14.3. The van der Waals surface area contributed by atoms with Crippen molar-refractivity contribution < 1.29 is 0 Å². The summed E-state index contributed by atoms with van der Waals surface area (Å²) in [5.74, 6) is 0. The van der Waals surface area contributed by atoms with Gasteiger partial charge in [-0.25, -0.2) is 0 Å². The average Bonchev–Trinajstić information content (AvgIpc) is 3.33. The number of para-hydroxylation sites is 1. The zero-order valence-corrected chi connectivity index (χ0v) is 26.6. The predicted molar refractivity (Wildman–Crippen MR) is 197 cm³/mol. The van der Waals surface area contributed by atoms with Crippen LogP contribution in [-0.2, 0) is 5.41 Å². The van der Waals surface area contributed by atoms with Gasteiger partial charge < -0.3 is 9.80 Å². The number of hydrogen-bond acceptors (Lipinski definition) is 3. The fourth-order valence-electron chi connectivity index (χ4n) is 7.44. The Hall–Kier alpha value is -5.25. The van der Waals surface area contributed by atoms with Crippen molar-refractivity contribution in [3.05, 3.63) is 168 Å². The summed E-state index contributed by atoms with van der Waals surface area (Å²) in [6.45, 7) is 4.75. The molecule has 0 amide bonds. The molecule has 0 aromatic heterocycles. The third-order valence-electron chi connectivity index (χ3n) is 9.72. The van der Waals surface area contributed by atoms with Gasteiger partial charge in [0.1, 0.15) is 0 Å². The van der Waals surface area contributed by atoms with E-state index in [0.29, 0.717) is 0 Å². The smallest absolute Gasteiger partial charge is 0.0594 e. The van der Waals surface area contributed by atoms with E-state index in [-0.39, 0.29) is 5.41 Å². The Morgan fingerprint density at radius 3 is 1.87 bits per heavy atom. The van der Waals surface area contributed by atoms with E-state index in [1.807, 2.05) is 0 Å². The molecule has 0 fully saturated rings. The molecule has 2 nitrogen and oxygen atoms in total. The van der Waals surface area contributed by atoms with Crippen LogP contribution >= 0.6 is 11.8 Å². The van der Waals surface area contributed by atoms with Crippen molar-refractivity contribution in [1.82, 2.24) is 0 Å². The summed E-state index contributed by atoms with van der Waals surface area (Å²) >= 11 is 1.78. The van der Waals surface area contributed by atoms with Crippen molar-refractivity contribution >= 4 is 61.7 Å². The van der Waals surface area contributed by atoms with Crippen molar-refractivity contribution in [3.63, 3.8) is 0 Å². The van der Waals surface area contributed by atoms with E-state index < -0.39 is 0 Å². The first-order valence-corrected chi connectivity index (χ1v) is 16.7. The molecule has 0 unspecified atom stereocenters. The molecule has 0 atom stereocenters. The van der Waals surface area contributed by atoms with Crippen LogP contribution in [0.5, 0.6) is 0 Å². The van der Waals surface area contributed by atoms with Crippen molar-refractivity contribution in [3.8, 4) is 11.1 Å². The molecule has 7 aromatic carbocycles. The first-order valence-electron chi connectivity index (χ1n) is 15.8. The number of rotatable bonds is 4. The van der Waals surface area contributed by atoms with Gasteiger partial charge in [-0.1, -0.05) is 123 Å². The van der Waals surface area contributed by atoms with Gasteiger partial charge in [0, 0.05) is 38.7 Å². The lowest BCUT2D eigenvalue weighted by molar-refractivity contribution is 0.660. The molecular weight excluding hydrogens is 577 g/mol. The van der Waals surface area contributed by atoms with E-state index in [2.05, 4.69) is 181 Å². The first kappa shape index (κ1) is 27.1. The maximum absolute atomic E-state index is 2.46. The topological polar surface area (TPSA) is 6.48 Å². The Kier molecular flexibility index (Phi) is 6.13. The highest BCUT2D eigenvalue weighted by atomic mass is 32.2. The number of anilines is 5. The van der Waals surface area contributed by atoms with Crippen molar-refractivity contribution in [2.75, 3.05) is 9.80 Å². The molecule has 3 heteroatoms. The summed E-state index contributed by atoms with van der Waals surface area (Å²) in [6, 6.07) is 53.4. The van der Waals surface area contributed by atoms with Crippen LogP contribution in [0.15, 0.2) is 162 Å². The molecule has 46 heavy (non-hydrogen) atoms. The fourth-order valence-corrected chi connectivity index (χ4v) is 8.22. The summed E-state index contributed by atoms with van der Waals surface area (Å²) in [4.78, 5) is 6.06. The monoisotopic (exact) mass is 608 g/mol. The number of benzene rings is 7. The fraction of sp³-hybridized carbons (Fsp3) is 0.0698. The van der Waals surface area contributed by atoms with E-state index in [4.69, 9.17) is 0 Å². The van der Waals surface area contributed by atoms with Gasteiger partial charge in [-0.05, 0) is 87.0 Å². The van der Waals surface area contributed by atoms with E-state index >= 15 is 0 Å². The lowest BCUT2D eigenvalue weighted by Crippen LogP contribution is -2.18. The number of nitrogens with zero attached hydrogens (tertiary/aromatic N) is 2. The molecule has 0 spiro atoms. The summed E-state index contributed by atoms with van der Waals surface area (Å²) in [5.41, 5.74) is 11.1. The van der Waals surface area contributed by atoms with Crippen LogP contribution in [-0.4, -0.2) is 0 Å². The van der Waals surface area contributed by atoms with Crippen LogP contribution in [0.3, 0.4) is 0 Å². The molecule has 9 rings (SSSR count). The standard InChI is InChI=1S/C43H32N2S/c1-43(2)37-27-31(44-25-26-46-42-20-8-7-17-41(42)44)21-23-35(37)36-24-22-32(28-38(36)43)45(39-18-9-13-29-11-3-5-15-33(29)39)40-19-10-14-30-12-4-6-16-34(30)40/h3-28H,1-2H3. The quantitative estimate of drug-likeness (QED) is 0.196. The summed E-state index contributed by atoms with van der Waals surface area (Å²) in [6.07, 6.45) is 2.19. The van der Waals surface area contributed by atoms with Crippen LogP contribution in [0.2, 0.25) is 0 Å². The van der Waals surface area contributed by atoms with Gasteiger partial charge in [0.2, 0.25) is 0 Å². The second-order valence-corrected chi connectivity index (χ2v) is 13.6. The van der Waals surface area contributed by atoms with Gasteiger partial charge in [-0.2, -0.15) is 0 Å². The highest BCUT2D eigenvalue weighted by Crippen LogP contribution is 2.53. The molecule has 7 aromatic rings. The number of fused-ring (bicyclic) bond motifs is 6. The van der Waals surface area contributed by atoms with Gasteiger partial charge in [0.05, 0.1) is 17.1 Å². The van der Waals surface area contributed by atoms with Gasteiger partial charge in [-0.15, -0.1) is 0 Å². The lowest BCUT2D eigenvalue weighted by atomic mass is 9.82. The molecule has 0 bridgehead atoms. The molecule has 0 N–H and O–H groups in total. The minimum absolute atomic E-state index is 0.173. The third-order valence-corrected chi connectivity index (χ3v) is 10.6. The summed E-state index contributed by atoms with van der Waals surface area (Å²) in [7, 11) is 0. The molecule has 1 heterocycles. The van der Waals surface area contributed by atoms with Gasteiger partial charge in [0.15, 0.2) is 0 Å². The third kappa shape index (κ3) is 4.12. The van der Waals surface area contributed by atoms with Gasteiger partial charge >= 0.3 is 0 Å². The van der Waals surface area contributed by atoms with Crippen LogP contribution in [0.25, 0.3) is 32.7 Å². The first-order chi connectivity index (χ1) is 22.6. The Morgan fingerprint density at radius 2 is 1.15 bits per heavy atom. The lowest BCUT2D eigenvalue weighted by Gasteiger charge is -2.30. The molecular formula is C43H32N2S. The average molecular weight is 609 g/mol. The molecule has 0 saturated heterocycles.